The Hall–Kier alpha value is -1.81. The van der Waals surface area contributed by atoms with Gasteiger partial charge in [-0.25, -0.2) is 4.98 Å². The molecule has 1 unspecified atom stereocenters. The molecule has 96 valence electrons. The number of nitrogens with one attached hydrogen (secondary N) is 1. The average Bonchev–Trinajstić information content (AvgIpc) is 2.86. The molecule has 18 heavy (non-hydrogen) atoms. The zero-order valence-corrected chi connectivity index (χ0v) is 10.8. The van der Waals surface area contributed by atoms with Crippen LogP contribution in [-0.4, -0.2) is 11.5 Å². The molecule has 0 aliphatic carbocycles. The third-order valence-corrected chi connectivity index (χ3v) is 2.95. The van der Waals surface area contributed by atoms with Gasteiger partial charge >= 0.3 is 0 Å². The predicted molar refractivity (Wildman–Crippen MR) is 72.2 cm³/mol. The van der Waals surface area contributed by atoms with E-state index in [4.69, 9.17) is 10.2 Å². The Labute approximate surface area is 107 Å². The van der Waals surface area contributed by atoms with Gasteiger partial charge in [0, 0.05) is 11.8 Å². The molecule has 2 heterocycles. The molecule has 0 saturated carbocycles. The largest absolute Gasteiger partial charge is 0.467 e. The van der Waals surface area contributed by atoms with Gasteiger partial charge in [0.2, 0.25) is 0 Å². The number of furan rings is 1. The molecule has 1 atom stereocenters. The molecule has 0 spiro atoms. The summed E-state index contributed by atoms with van der Waals surface area (Å²) in [7, 11) is 0. The molecule has 0 radical (unpaired) electrons. The number of nitrogens with zero attached hydrogens (tertiary/aromatic N) is 1. The van der Waals surface area contributed by atoms with Crippen LogP contribution in [0, 0.1) is 6.92 Å². The summed E-state index contributed by atoms with van der Waals surface area (Å²) in [6.45, 7) is 5.07. The summed E-state index contributed by atoms with van der Waals surface area (Å²) in [6, 6.07) is 5.78. The molecule has 2 aromatic rings. The van der Waals surface area contributed by atoms with Crippen LogP contribution in [0.15, 0.2) is 35.1 Å². The summed E-state index contributed by atoms with van der Waals surface area (Å²) in [5, 5.41) is 3.46. The van der Waals surface area contributed by atoms with Crippen LogP contribution in [0.3, 0.4) is 0 Å². The topological polar surface area (TPSA) is 64.1 Å². The maximum atomic E-state index is 6.01. The highest BCUT2D eigenvalue weighted by Gasteiger charge is 2.20. The Bertz CT molecular complexity index is 473. The van der Waals surface area contributed by atoms with Crippen molar-refractivity contribution < 1.29 is 4.42 Å². The van der Waals surface area contributed by atoms with Crippen LogP contribution in [-0.2, 0) is 0 Å². The molecule has 0 saturated heterocycles. The first-order valence-electron chi connectivity index (χ1n) is 6.21. The van der Waals surface area contributed by atoms with Crippen LogP contribution in [0.2, 0.25) is 0 Å². The molecule has 0 fully saturated rings. The lowest BCUT2D eigenvalue weighted by molar-refractivity contribution is 0.446. The van der Waals surface area contributed by atoms with Crippen molar-refractivity contribution in [3.05, 3.63) is 47.5 Å². The Kier molecular flexibility index (Phi) is 3.99. The van der Waals surface area contributed by atoms with Crippen molar-refractivity contribution in [2.24, 2.45) is 0 Å². The van der Waals surface area contributed by atoms with E-state index in [1.807, 2.05) is 25.1 Å². The van der Waals surface area contributed by atoms with Gasteiger partial charge in [0.1, 0.15) is 11.6 Å². The zero-order valence-electron chi connectivity index (χ0n) is 10.8. The first-order chi connectivity index (χ1) is 8.74. The first-order valence-corrected chi connectivity index (χ1v) is 6.21. The quantitative estimate of drug-likeness (QED) is 0.850. The van der Waals surface area contributed by atoms with Gasteiger partial charge in [-0.3, -0.25) is 0 Å². The summed E-state index contributed by atoms with van der Waals surface area (Å²) in [5.41, 5.74) is 8.13. The van der Waals surface area contributed by atoms with Crippen molar-refractivity contribution in [1.29, 1.82) is 0 Å². The van der Waals surface area contributed by atoms with E-state index >= 15 is 0 Å². The van der Waals surface area contributed by atoms with Gasteiger partial charge in [0.05, 0.1) is 12.3 Å². The number of hydrogen-bond donors (Lipinski definition) is 2. The van der Waals surface area contributed by atoms with Gasteiger partial charge < -0.3 is 15.5 Å². The minimum atomic E-state index is -0.0337. The fourth-order valence-electron chi connectivity index (χ4n) is 2.06. The molecule has 0 amide bonds. The van der Waals surface area contributed by atoms with E-state index in [1.165, 1.54) is 0 Å². The van der Waals surface area contributed by atoms with Crippen molar-refractivity contribution >= 4 is 5.82 Å². The van der Waals surface area contributed by atoms with Crippen molar-refractivity contribution in [2.75, 3.05) is 12.3 Å². The molecular formula is C14H19N3O. The zero-order chi connectivity index (χ0) is 13.0. The van der Waals surface area contributed by atoms with E-state index in [0.717, 1.165) is 29.9 Å². The third-order valence-electron chi connectivity index (χ3n) is 2.95. The number of nitrogen functional groups attached to an aromatic ring is 1. The number of aryl methyl sites for hydroxylation is 1. The highest BCUT2D eigenvalue weighted by atomic mass is 16.3. The number of rotatable bonds is 5. The molecule has 0 aliphatic rings. The highest BCUT2D eigenvalue weighted by molar-refractivity contribution is 5.48. The molecule has 2 rings (SSSR count). The van der Waals surface area contributed by atoms with Crippen LogP contribution < -0.4 is 11.1 Å². The normalized spacial score (nSPS) is 12.6. The standard InChI is InChI=1S/C14H19N3O/c1-3-7-16-13(11-5-4-9-18-11)12-10(2)6-8-17-14(12)15/h4-6,8-9,13,16H,3,7H2,1-2H3,(H2,15,17). The van der Waals surface area contributed by atoms with Gasteiger partial charge in [-0.2, -0.15) is 0 Å². The maximum Gasteiger partial charge on any atom is 0.128 e. The number of hydrogen-bond acceptors (Lipinski definition) is 4. The van der Waals surface area contributed by atoms with E-state index in [0.29, 0.717) is 5.82 Å². The van der Waals surface area contributed by atoms with Crippen LogP contribution >= 0.6 is 0 Å². The number of aromatic nitrogens is 1. The van der Waals surface area contributed by atoms with Gasteiger partial charge in [-0.15, -0.1) is 0 Å². The van der Waals surface area contributed by atoms with Crippen molar-refractivity contribution in [2.45, 2.75) is 26.3 Å². The molecule has 4 nitrogen and oxygen atoms in total. The average molecular weight is 245 g/mol. The lowest BCUT2D eigenvalue weighted by Crippen LogP contribution is -2.24. The van der Waals surface area contributed by atoms with Crippen LogP contribution in [0.1, 0.15) is 36.3 Å². The Morgan fingerprint density at radius 3 is 2.89 bits per heavy atom. The van der Waals surface area contributed by atoms with Crippen molar-refractivity contribution in [1.82, 2.24) is 10.3 Å². The van der Waals surface area contributed by atoms with E-state index in [2.05, 4.69) is 17.2 Å². The molecule has 2 aromatic heterocycles. The third kappa shape index (κ3) is 2.54. The molecule has 4 heteroatoms. The second-order valence-corrected chi connectivity index (χ2v) is 4.33. The lowest BCUT2D eigenvalue weighted by atomic mass is 10.0. The smallest absolute Gasteiger partial charge is 0.128 e. The van der Waals surface area contributed by atoms with E-state index in [9.17, 15) is 0 Å². The molecule has 0 bridgehead atoms. The summed E-state index contributed by atoms with van der Waals surface area (Å²) in [4.78, 5) is 4.17. The molecule has 0 aliphatic heterocycles. The summed E-state index contributed by atoms with van der Waals surface area (Å²) in [5.74, 6) is 1.42. The highest BCUT2D eigenvalue weighted by Crippen LogP contribution is 2.28. The second-order valence-electron chi connectivity index (χ2n) is 4.33. The van der Waals surface area contributed by atoms with Gasteiger partial charge in [-0.1, -0.05) is 6.92 Å². The minimum Gasteiger partial charge on any atom is -0.467 e. The van der Waals surface area contributed by atoms with Crippen molar-refractivity contribution in [3.63, 3.8) is 0 Å². The van der Waals surface area contributed by atoms with E-state index in [1.54, 1.807) is 12.5 Å². The fourth-order valence-corrected chi connectivity index (χ4v) is 2.06. The number of pyridine rings is 1. The fraction of sp³-hybridized carbons (Fsp3) is 0.357. The summed E-state index contributed by atoms with van der Waals surface area (Å²) < 4.78 is 5.51. The molecule has 0 aromatic carbocycles. The predicted octanol–water partition coefficient (Wildman–Crippen LogP) is 2.65. The minimum absolute atomic E-state index is 0.0337. The van der Waals surface area contributed by atoms with Crippen molar-refractivity contribution in [3.8, 4) is 0 Å². The Balaban J connectivity index is 2.40. The lowest BCUT2D eigenvalue weighted by Gasteiger charge is -2.20. The Morgan fingerprint density at radius 2 is 2.28 bits per heavy atom. The van der Waals surface area contributed by atoms with Gasteiger partial charge in [0.25, 0.3) is 0 Å². The second kappa shape index (κ2) is 5.69. The SMILES string of the molecule is CCCNC(c1ccco1)c1c(C)ccnc1N. The monoisotopic (exact) mass is 245 g/mol. The molecular weight excluding hydrogens is 226 g/mol. The first kappa shape index (κ1) is 12.6. The Morgan fingerprint density at radius 1 is 1.44 bits per heavy atom. The number of nitrogens with two attached hydrogens (primary N) is 1. The number of anilines is 1. The molecule has 3 N–H and O–H groups in total. The summed E-state index contributed by atoms with van der Waals surface area (Å²) in [6.07, 6.45) is 4.46. The van der Waals surface area contributed by atoms with Crippen LogP contribution in [0.5, 0.6) is 0 Å². The maximum absolute atomic E-state index is 6.01. The van der Waals surface area contributed by atoms with E-state index < -0.39 is 0 Å². The van der Waals surface area contributed by atoms with E-state index in [-0.39, 0.29) is 6.04 Å². The van der Waals surface area contributed by atoms with Crippen LogP contribution in [0.25, 0.3) is 0 Å². The van der Waals surface area contributed by atoms with Gasteiger partial charge in [0.15, 0.2) is 0 Å². The van der Waals surface area contributed by atoms with Crippen LogP contribution in [0.4, 0.5) is 5.82 Å². The van der Waals surface area contributed by atoms with Gasteiger partial charge in [-0.05, 0) is 43.7 Å². The summed E-state index contributed by atoms with van der Waals surface area (Å²) >= 11 is 0.